The monoisotopic (exact) mass is 229 g/mol. The molecule has 2 heteroatoms. The number of benzene rings is 1. The minimum atomic E-state index is 1.11. The van der Waals surface area contributed by atoms with Crippen molar-refractivity contribution in [1.29, 1.82) is 0 Å². The molecular formula is C15H21N2+. The first-order valence-electron chi connectivity index (χ1n) is 6.52. The van der Waals surface area contributed by atoms with Gasteiger partial charge in [-0.05, 0) is 25.0 Å². The average Bonchev–Trinajstić information content (AvgIpc) is 2.75. The zero-order chi connectivity index (χ0) is 12.1. The van der Waals surface area contributed by atoms with Crippen LogP contribution in [0.2, 0.25) is 0 Å². The summed E-state index contributed by atoms with van der Waals surface area (Å²) in [6, 6.07) is 10.6. The van der Waals surface area contributed by atoms with E-state index in [9.17, 15) is 0 Å². The molecule has 0 saturated heterocycles. The van der Waals surface area contributed by atoms with E-state index in [2.05, 4.69) is 65.7 Å². The number of imidazole rings is 1. The Labute approximate surface area is 104 Å². The van der Waals surface area contributed by atoms with Gasteiger partial charge in [-0.15, -0.1) is 0 Å². The predicted octanol–water partition coefficient (Wildman–Crippen LogP) is 3.13. The Hall–Kier alpha value is -1.57. The molecule has 0 saturated carbocycles. The SMILES string of the molecule is CCCc1n(-c2ccccc2)cc[n+]1CCC. The Morgan fingerprint density at radius 1 is 1.06 bits per heavy atom. The lowest BCUT2D eigenvalue weighted by molar-refractivity contribution is -0.703. The minimum Gasteiger partial charge on any atom is -0.234 e. The lowest BCUT2D eigenvalue weighted by Gasteiger charge is -2.03. The number of rotatable bonds is 5. The first-order valence-corrected chi connectivity index (χ1v) is 6.52. The van der Waals surface area contributed by atoms with E-state index in [1.165, 1.54) is 24.4 Å². The summed E-state index contributed by atoms with van der Waals surface area (Å²) in [4.78, 5) is 0. The highest BCUT2D eigenvalue weighted by Gasteiger charge is 2.16. The first kappa shape index (κ1) is 11.9. The van der Waals surface area contributed by atoms with Crippen molar-refractivity contribution < 1.29 is 4.57 Å². The highest BCUT2D eigenvalue weighted by Crippen LogP contribution is 2.10. The van der Waals surface area contributed by atoms with Crippen molar-refractivity contribution in [3.63, 3.8) is 0 Å². The highest BCUT2D eigenvalue weighted by atomic mass is 15.1. The van der Waals surface area contributed by atoms with Crippen LogP contribution in [0.25, 0.3) is 5.69 Å². The Morgan fingerprint density at radius 3 is 2.47 bits per heavy atom. The lowest BCUT2D eigenvalue weighted by Crippen LogP contribution is -2.36. The molecule has 90 valence electrons. The standard InChI is InChI=1S/C15H21N2/c1-3-8-15-16(11-4-2)12-13-17(15)14-9-6-5-7-10-14/h5-7,9-10,12-13H,3-4,8,11H2,1-2H3/q+1. The maximum Gasteiger partial charge on any atom is 0.261 e. The van der Waals surface area contributed by atoms with Crippen LogP contribution >= 0.6 is 0 Å². The van der Waals surface area contributed by atoms with E-state index in [-0.39, 0.29) is 0 Å². The number of hydrogen-bond donors (Lipinski definition) is 0. The van der Waals surface area contributed by atoms with Crippen LogP contribution in [0.1, 0.15) is 32.5 Å². The zero-order valence-corrected chi connectivity index (χ0v) is 10.8. The molecule has 2 aromatic rings. The van der Waals surface area contributed by atoms with E-state index in [0.29, 0.717) is 0 Å². The number of para-hydroxylation sites is 1. The molecule has 17 heavy (non-hydrogen) atoms. The molecule has 0 aliphatic carbocycles. The van der Waals surface area contributed by atoms with Gasteiger partial charge in [0.05, 0.1) is 6.54 Å². The molecule has 0 atom stereocenters. The topological polar surface area (TPSA) is 8.81 Å². The summed E-state index contributed by atoms with van der Waals surface area (Å²) in [6.45, 7) is 5.57. The lowest BCUT2D eigenvalue weighted by atomic mass is 10.3. The summed E-state index contributed by atoms with van der Waals surface area (Å²) < 4.78 is 4.68. The summed E-state index contributed by atoms with van der Waals surface area (Å²) in [5.41, 5.74) is 1.26. The van der Waals surface area contributed by atoms with Gasteiger partial charge in [0.2, 0.25) is 0 Å². The molecule has 0 fully saturated rings. The molecule has 1 heterocycles. The van der Waals surface area contributed by atoms with Crippen LogP contribution < -0.4 is 4.57 Å². The molecule has 0 bridgehead atoms. The molecule has 0 aliphatic rings. The Bertz CT molecular complexity index is 457. The molecule has 0 amide bonds. The van der Waals surface area contributed by atoms with Gasteiger partial charge in [-0.1, -0.05) is 32.0 Å². The maximum atomic E-state index is 2.37. The van der Waals surface area contributed by atoms with E-state index in [4.69, 9.17) is 0 Å². The van der Waals surface area contributed by atoms with E-state index in [1.807, 2.05) is 0 Å². The van der Waals surface area contributed by atoms with E-state index in [1.54, 1.807) is 0 Å². The number of aromatic nitrogens is 2. The maximum absolute atomic E-state index is 2.37. The summed E-state index contributed by atoms with van der Waals surface area (Å²) in [5.74, 6) is 1.40. The summed E-state index contributed by atoms with van der Waals surface area (Å²) >= 11 is 0. The normalized spacial score (nSPS) is 10.7. The Morgan fingerprint density at radius 2 is 1.82 bits per heavy atom. The van der Waals surface area contributed by atoms with Crippen LogP contribution in [0.3, 0.4) is 0 Å². The van der Waals surface area contributed by atoms with Crippen molar-refractivity contribution in [2.75, 3.05) is 0 Å². The summed E-state index contributed by atoms with van der Waals surface area (Å²) in [6.07, 6.45) is 7.86. The molecule has 0 unspecified atom stereocenters. The van der Waals surface area contributed by atoms with Gasteiger partial charge >= 0.3 is 0 Å². The van der Waals surface area contributed by atoms with Crippen molar-refractivity contribution in [1.82, 2.24) is 4.57 Å². The van der Waals surface area contributed by atoms with Crippen LogP contribution in [-0.4, -0.2) is 4.57 Å². The van der Waals surface area contributed by atoms with Gasteiger partial charge in [0.25, 0.3) is 5.82 Å². The molecule has 1 aromatic heterocycles. The smallest absolute Gasteiger partial charge is 0.234 e. The largest absolute Gasteiger partial charge is 0.261 e. The van der Waals surface area contributed by atoms with Gasteiger partial charge < -0.3 is 0 Å². The average molecular weight is 229 g/mol. The molecule has 2 nitrogen and oxygen atoms in total. The molecular weight excluding hydrogens is 208 g/mol. The van der Waals surface area contributed by atoms with Crippen LogP contribution in [0.4, 0.5) is 0 Å². The van der Waals surface area contributed by atoms with Crippen molar-refractivity contribution >= 4 is 0 Å². The highest BCUT2D eigenvalue weighted by molar-refractivity contribution is 5.31. The number of hydrogen-bond acceptors (Lipinski definition) is 0. The summed E-state index contributed by atoms with van der Waals surface area (Å²) in [5, 5.41) is 0. The van der Waals surface area contributed by atoms with Crippen molar-refractivity contribution in [3.05, 3.63) is 48.5 Å². The first-order chi connectivity index (χ1) is 8.36. The fourth-order valence-electron chi connectivity index (χ4n) is 2.21. The third kappa shape index (κ3) is 2.57. The fraction of sp³-hybridized carbons (Fsp3) is 0.400. The number of aryl methyl sites for hydroxylation is 1. The molecule has 0 radical (unpaired) electrons. The van der Waals surface area contributed by atoms with Crippen molar-refractivity contribution in [3.8, 4) is 5.69 Å². The quantitative estimate of drug-likeness (QED) is 0.697. The second-order valence-electron chi connectivity index (χ2n) is 4.36. The van der Waals surface area contributed by atoms with Crippen LogP contribution in [0.5, 0.6) is 0 Å². The summed E-state index contributed by atoms with van der Waals surface area (Å²) in [7, 11) is 0. The predicted molar refractivity (Wildman–Crippen MR) is 70.3 cm³/mol. The van der Waals surface area contributed by atoms with Crippen LogP contribution in [0, 0.1) is 0 Å². The molecule has 0 N–H and O–H groups in total. The minimum absolute atomic E-state index is 1.11. The molecule has 0 spiro atoms. The van der Waals surface area contributed by atoms with Crippen LogP contribution in [0.15, 0.2) is 42.7 Å². The third-order valence-corrected chi connectivity index (χ3v) is 2.98. The van der Waals surface area contributed by atoms with E-state index >= 15 is 0 Å². The van der Waals surface area contributed by atoms with Gasteiger partial charge in [0, 0.05) is 6.42 Å². The van der Waals surface area contributed by atoms with E-state index < -0.39 is 0 Å². The van der Waals surface area contributed by atoms with Gasteiger partial charge in [0.1, 0.15) is 18.1 Å². The molecule has 1 aromatic carbocycles. The zero-order valence-electron chi connectivity index (χ0n) is 10.8. The second-order valence-corrected chi connectivity index (χ2v) is 4.36. The third-order valence-electron chi connectivity index (χ3n) is 2.98. The fourth-order valence-corrected chi connectivity index (χ4v) is 2.21. The Kier molecular flexibility index (Phi) is 3.97. The van der Waals surface area contributed by atoms with Gasteiger partial charge in [0.15, 0.2) is 0 Å². The second kappa shape index (κ2) is 5.67. The number of nitrogens with zero attached hydrogens (tertiary/aromatic N) is 2. The molecule has 2 rings (SSSR count). The van der Waals surface area contributed by atoms with Crippen molar-refractivity contribution in [2.24, 2.45) is 0 Å². The van der Waals surface area contributed by atoms with Gasteiger partial charge in [-0.2, -0.15) is 4.57 Å². The Balaban J connectivity index is 2.40. The molecule has 0 aliphatic heterocycles. The van der Waals surface area contributed by atoms with Crippen molar-refractivity contribution in [2.45, 2.75) is 39.7 Å². The van der Waals surface area contributed by atoms with Gasteiger partial charge in [-0.25, -0.2) is 4.57 Å². The van der Waals surface area contributed by atoms with Gasteiger partial charge in [-0.3, -0.25) is 0 Å². The van der Waals surface area contributed by atoms with E-state index in [0.717, 1.165) is 13.0 Å². The van der Waals surface area contributed by atoms with Crippen LogP contribution in [-0.2, 0) is 13.0 Å².